The summed E-state index contributed by atoms with van der Waals surface area (Å²) in [5.41, 5.74) is 1.14. The first-order valence-corrected chi connectivity index (χ1v) is 5.54. The van der Waals surface area contributed by atoms with Crippen molar-refractivity contribution in [2.24, 2.45) is 5.92 Å². The SMILES string of the molecule is COC(=O)C(C)CNCc1ccc(Cl)cc1. The second-order valence-electron chi connectivity index (χ2n) is 3.68. The molecule has 1 unspecified atom stereocenters. The molecule has 1 aromatic carbocycles. The van der Waals surface area contributed by atoms with Crippen molar-refractivity contribution < 1.29 is 9.53 Å². The fourth-order valence-electron chi connectivity index (χ4n) is 1.32. The zero-order valence-electron chi connectivity index (χ0n) is 9.50. The third-order valence-electron chi connectivity index (χ3n) is 2.30. The summed E-state index contributed by atoms with van der Waals surface area (Å²) >= 11 is 5.77. The predicted molar refractivity (Wildman–Crippen MR) is 64.3 cm³/mol. The highest BCUT2D eigenvalue weighted by atomic mass is 35.5. The van der Waals surface area contributed by atoms with E-state index < -0.39 is 0 Å². The smallest absolute Gasteiger partial charge is 0.309 e. The first kappa shape index (κ1) is 13.0. The normalized spacial score (nSPS) is 12.2. The van der Waals surface area contributed by atoms with E-state index >= 15 is 0 Å². The van der Waals surface area contributed by atoms with Gasteiger partial charge in [-0.1, -0.05) is 30.7 Å². The van der Waals surface area contributed by atoms with Crippen LogP contribution in [0, 0.1) is 5.92 Å². The highest BCUT2D eigenvalue weighted by molar-refractivity contribution is 6.30. The molecule has 1 aromatic rings. The molecule has 0 amide bonds. The van der Waals surface area contributed by atoms with Gasteiger partial charge in [0.1, 0.15) is 0 Å². The lowest BCUT2D eigenvalue weighted by Gasteiger charge is -2.10. The van der Waals surface area contributed by atoms with Gasteiger partial charge < -0.3 is 10.1 Å². The molecule has 0 heterocycles. The van der Waals surface area contributed by atoms with Gasteiger partial charge in [-0.15, -0.1) is 0 Å². The third kappa shape index (κ3) is 4.21. The van der Waals surface area contributed by atoms with Crippen LogP contribution >= 0.6 is 11.6 Å². The van der Waals surface area contributed by atoms with Gasteiger partial charge in [0, 0.05) is 18.1 Å². The van der Waals surface area contributed by atoms with E-state index in [2.05, 4.69) is 10.1 Å². The van der Waals surface area contributed by atoms with Crippen LogP contribution in [0.3, 0.4) is 0 Å². The number of carbonyl (C=O) groups is 1. The number of rotatable bonds is 5. The summed E-state index contributed by atoms with van der Waals surface area (Å²) in [6.07, 6.45) is 0. The zero-order valence-corrected chi connectivity index (χ0v) is 10.3. The summed E-state index contributed by atoms with van der Waals surface area (Å²) in [5.74, 6) is -0.319. The Labute approximate surface area is 101 Å². The fourth-order valence-corrected chi connectivity index (χ4v) is 1.45. The van der Waals surface area contributed by atoms with E-state index in [1.165, 1.54) is 7.11 Å². The molecule has 0 bridgehead atoms. The maximum Gasteiger partial charge on any atom is 0.309 e. The van der Waals surface area contributed by atoms with Gasteiger partial charge in [0.25, 0.3) is 0 Å². The number of benzene rings is 1. The molecule has 0 aliphatic carbocycles. The van der Waals surface area contributed by atoms with Crippen LogP contribution in [0.5, 0.6) is 0 Å². The number of carbonyl (C=O) groups excluding carboxylic acids is 1. The van der Waals surface area contributed by atoms with E-state index in [9.17, 15) is 4.79 Å². The number of nitrogens with one attached hydrogen (secondary N) is 1. The molecule has 0 fully saturated rings. The quantitative estimate of drug-likeness (QED) is 0.804. The first-order chi connectivity index (χ1) is 7.63. The molecule has 0 aliphatic rings. The Morgan fingerprint density at radius 1 is 1.44 bits per heavy atom. The Bertz CT molecular complexity index is 337. The van der Waals surface area contributed by atoms with Crippen molar-refractivity contribution in [3.63, 3.8) is 0 Å². The molecule has 1 N–H and O–H groups in total. The van der Waals surface area contributed by atoms with Crippen molar-refractivity contribution in [2.45, 2.75) is 13.5 Å². The molecule has 0 aliphatic heterocycles. The van der Waals surface area contributed by atoms with Crippen LogP contribution in [0.4, 0.5) is 0 Å². The minimum absolute atomic E-state index is 0.127. The Hall–Kier alpha value is -1.06. The van der Waals surface area contributed by atoms with Gasteiger partial charge in [0.05, 0.1) is 13.0 Å². The Kier molecular flexibility index (Phi) is 5.29. The highest BCUT2D eigenvalue weighted by Gasteiger charge is 2.11. The van der Waals surface area contributed by atoms with Crippen LogP contribution in [-0.2, 0) is 16.1 Å². The molecular formula is C12H16ClNO2. The number of hydrogen-bond acceptors (Lipinski definition) is 3. The Morgan fingerprint density at radius 2 is 2.06 bits per heavy atom. The number of hydrogen-bond donors (Lipinski definition) is 1. The topological polar surface area (TPSA) is 38.3 Å². The van der Waals surface area contributed by atoms with Crippen molar-refractivity contribution in [1.82, 2.24) is 5.32 Å². The van der Waals surface area contributed by atoms with Gasteiger partial charge in [-0.25, -0.2) is 0 Å². The molecule has 0 spiro atoms. The van der Waals surface area contributed by atoms with Gasteiger partial charge in [0.2, 0.25) is 0 Å². The first-order valence-electron chi connectivity index (χ1n) is 5.16. The van der Waals surface area contributed by atoms with E-state index in [4.69, 9.17) is 11.6 Å². The summed E-state index contributed by atoms with van der Waals surface area (Å²) in [5, 5.41) is 3.92. The van der Waals surface area contributed by atoms with Crippen molar-refractivity contribution in [3.05, 3.63) is 34.9 Å². The van der Waals surface area contributed by atoms with Crippen molar-refractivity contribution in [2.75, 3.05) is 13.7 Å². The van der Waals surface area contributed by atoms with Crippen LogP contribution in [0.15, 0.2) is 24.3 Å². The average Bonchev–Trinajstić information content (AvgIpc) is 2.30. The third-order valence-corrected chi connectivity index (χ3v) is 2.55. The summed E-state index contributed by atoms with van der Waals surface area (Å²) in [7, 11) is 1.40. The van der Waals surface area contributed by atoms with Gasteiger partial charge in [-0.3, -0.25) is 4.79 Å². The molecule has 1 rings (SSSR count). The molecule has 4 heteroatoms. The van der Waals surface area contributed by atoms with Gasteiger partial charge in [-0.2, -0.15) is 0 Å². The minimum Gasteiger partial charge on any atom is -0.469 e. The van der Waals surface area contributed by atoms with Gasteiger partial charge in [0.15, 0.2) is 0 Å². The standard InChI is InChI=1S/C12H16ClNO2/c1-9(12(15)16-2)7-14-8-10-3-5-11(13)6-4-10/h3-6,9,14H,7-8H2,1-2H3. The largest absolute Gasteiger partial charge is 0.469 e. The van der Waals surface area contributed by atoms with Crippen LogP contribution in [-0.4, -0.2) is 19.6 Å². The lowest BCUT2D eigenvalue weighted by Crippen LogP contribution is -2.26. The molecule has 0 radical (unpaired) electrons. The summed E-state index contributed by atoms with van der Waals surface area (Å²) in [6.45, 7) is 3.16. The molecule has 0 aromatic heterocycles. The minimum atomic E-state index is -0.191. The lowest BCUT2D eigenvalue weighted by molar-refractivity contribution is -0.144. The zero-order chi connectivity index (χ0) is 12.0. The van der Waals surface area contributed by atoms with Crippen molar-refractivity contribution in [1.29, 1.82) is 0 Å². The average molecular weight is 242 g/mol. The molecule has 0 saturated heterocycles. The van der Waals surface area contributed by atoms with E-state index in [0.717, 1.165) is 17.1 Å². The molecule has 1 atom stereocenters. The summed E-state index contributed by atoms with van der Waals surface area (Å²) in [4.78, 5) is 11.1. The number of esters is 1. The Balaban J connectivity index is 2.30. The van der Waals surface area contributed by atoms with E-state index in [1.807, 2.05) is 31.2 Å². The van der Waals surface area contributed by atoms with E-state index in [0.29, 0.717) is 6.54 Å². The maximum absolute atomic E-state index is 11.1. The second kappa shape index (κ2) is 6.51. The summed E-state index contributed by atoms with van der Waals surface area (Å²) < 4.78 is 4.63. The lowest BCUT2D eigenvalue weighted by atomic mass is 10.1. The van der Waals surface area contributed by atoms with Crippen LogP contribution in [0.2, 0.25) is 5.02 Å². The maximum atomic E-state index is 11.1. The fraction of sp³-hybridized carbons (Fsp3) is 0.417. The molecule has 88 valence electrons. The van der Waals surface area contributed by atoms with Crippen LogP contribution < -0.4 is 5.32 Å². The van der Waals surface area contributed by atoms with E-state index in [-0.39, 0.29) is 11.9 Å². The van der Waals surface area contributed by atoms with Crippen molar-refractivity contribution >= 4 is 17.6 Å². The molecule has 3 nitrogen and oxygen atoms in total. The Morgan fingerprint density at radius 3 is 2.62 bits per heavy atom. The van der Waals surface area contributed by atoms with Crippen LogP contribution in [0.1, 0.15) is 12.5 Å². The molecule has 16 heavy (non-hydrogen) atoms. The highest BCUT2D eigenvalue weighted by Crippen LogP contribution is 2.09. The molecular weight excluding hydrogens is 226 g/mol. The number of methoxy groups -OCH3 is 1. The number of halogens is 1. The monoisotopic (exact) mass is 241 g/mol. The molecule has 0 saturated carbocycles. The predicted octanol–water partition coefficient (Wildman–Crippen LogP) is 2.24. The van der Waals surface area contributed by atoms with Crippen LogP contribution in [0.25, 0.3) is 0 Å². The van der Waals surface area contributed by atoms with E-state index in [1.54, 1.807) is 0 Å². The van der Waals surface area contributed by atoms with Gasteiger partial charge >= 0.3 is 5.97 Å². The van der Waals surface area contributed by atoms with Crippen molar-refractivity contribution in [3.8, 4) is 0 Å². The van der Waals surface area contributed by atoms with Gasteiger partial charge in [-0.05, 0) is 17.7 Å². The number of ether oxygens (including phenoxy) is 1. The second-order valence-corrected chi connectivity index (χ2v) is 4.12. The summed E-state index contributed by atoms with van der Waals surface area (Å²) in [6, 6.07) is 7.61.